The van der Waals surface area contributed by atoms with Crippen LogP contribution in [0.3, 0.4) is 0 Å². The highest BCUT2D eigenvalue weighted by atomic mass is 127. The molecule has 0 amide bonds. The Hall–Kier alpha value is -1.84. The maximum absolute atomic E-state index is 13.6. The second kappa shape index (κ2) is 11.0. The predicted molar refractivity (Wildman–Crippen MR) is 132 cm³/mol. The molecule has 0 radical (unpaired) electrons. The molecule has 1 aromatic carbocycles. The fraction of sp³-hybridized carbons (Fsp3) is 0.545. The third-order valence-corrected chi connectivity index (χ3v) is 5.40. The smallest absolute Gasteiger partial charge is 0.191 e. The average molecular weight is 528 g/mol. The SMILES string of the molecule is CCNC(=NCC(C)(C)c1cccc(F)c1)NC1CCCN(c2cnn(C)c2)C1.I. The molecule has 2 heterocycles. The molecule has 1 unspecified atom stereocenters. The van der Waals surface area contributed by atoms with Crippen LogP contribution in [-0.2, 0) is 12.5 Å². The van der Waals surface area contributed by atoms with Crippen molar-refractivity contribution in [2.24, 2.45) is 12.0 Å². The molecular weight excluding hydrogens is 494 g/mol. The summed E-state index contributed by atoms with van der Waals surface area (Å²) < 4.78 is 15.5. The maximum atomic E-state index is 13.6. The Balaban J connectivity index is 0.00000320. The van der Waals surface area contributed by atoms with E-state index in [9.17, 15) is 4.39 Å². The van der Waals surface area contributed by atoms with Gasteiger partial charge in [0.05, 0.1) is 18.4 Å². The summed E-state index contributed by atoms with van der Waals surface area (Å²) in [7, 11) is 1.94. The molecule has 1 aliphatic heterocycles. The zero-order valence-corrected chi connectivity index (χ0v) is 20.7. The Kier molecular flexibility index (Phi) is 8.93. The maximum Gasteiger partial charge on any atom is 0.191 e. The van der Waals surface area contributed by atoms with Crippen molar-refractivity contribution in [2.45, 2.75) is 45.1 Å². The van der Waals surface area contributed by atoms with Gasteiger partial charge in [-0.05, 0) is 37.5 Å². The van der Waals surface area contributed by atoms with E-state index in [2.05, 4.69) is 47.6 Å². The third kappa shape index (κ3) is 6.58. The Labute approximate surface area is 196 Å². The largest absolute Gasteiger partial charge is 0.367 e. The van der Waals surface area contributed by atoms with Gasteiger partial charge in [0.2, 0.25) is 0 Å². The van der Waals surface area contributed by atoms with Gasteiger partial charge in [-0.25, -0.2) is 4.39 Å². The van der Waals surface area contributed by atoms with Crippen molar-refractivity contribution < 1.29 is 4.39 Å². The van der Waals surface area contributed by atoms with Crippen LogP contribution in [0.25, 0.3) is 0 Å². The molecule has 0 spiro atoms. The van der Waals surface area contributed by atoms with Gasteiger partial charge in [0.15, 0.2) is 5.96 Å². The molecule has 2 aromatic rings. The van der Waals surface area contributed by atoms with Gasteiger partial charge in [0.1, 0.15) is 5.82 Å². The predicted octanol–water partition coefficient (Wildman–Crippen LogP) is 3.68. The van der Waals surface area contributed by atoms with E-state index in [1.165, 1.54) is 6.07 Å². The van der Waals surface area contributed by atoms with Gasteiger partial charge in [-0.1, -0.05) is 26.0 Å². The zero-order chi connectivity index (χ0) is 20.9. The molecule has 1 atom stereocenters. The highest BCUT2D eigenvalue weighted by molar-refractivity contribution is 14.0. The zero-order valence-electron chi connectivity index (χ0n) is 18.4. The molecule has 1 aromatic heterocycles. The molecule has 0 bridgehead atoms. The van der Waals surface area contributed by atoms with Gasteiger partial charge < -0.3 is 15.5 Å². The number of rotatable bonds is 6. The van der Waals surface area contributed by atoms with E-state index >= 15 is 0 Å². The first kappa shape index (κ1) is 24.4. The lowest BCUT2D eigenvalue weighted by molar-refractivity contribution is 0.465. The van der Waals surface area contributed by atoms with Crippen molar-refractivity contribution in [3.63, 3.8) is 0 Å². The second-order valence-electron chi connectivity index (χ2n) is 8.39. The van der Waals surface area contributed by atoms with Gasteiger partial charge in [-0.3, -0.25) is 9.67 Å². The summed E-state index contributed by atoms with van der Waals surface area (Å²) >= 11 is 0. The number of hydrogen-bond donors (Lipinski definition) is 2. The summed E-state index contributed by atoms with van der Waals surface area (Å²) in [6.07, 6.45) is 6.21. The van der Waals surface area contributed by atoms with Crippen molar-refractivity contribution in [3.8, 4) is 0 Å². The number of hydrogen-bond acceptors (Lipinski definition) is 3. The van der Waals surface area contributed by atoms with E-state index in [-0.39, 0.29) is 35.2 Å². The summed E-state index contributed by atoms with van der Waals surface area (Å²) in [5.74, 6) is 0.609. The van der Waals surface area contributed by atoms with Crippen LogP contribution in [0.4, 0.5) is 10.1 Å². The van der Waals surface area contributed by atoms with E-state index in [1.807, 2.05) is 24.0 Å². The Morgan fingerprint density at radius 2 is 2.17 bits per heavy atom. The fourth-order valence-electron chi connectivity index (χ4n) is 3.69. The second-order valence-corrected chi connectivity index (χ2v) is 8.39. The van der Waals surface area contributed by atoms with Crippen LogP contribution in [0.1, 0.15) is 39.2 Å². The molecule has 0 saturated carbocycles. The molecular formula is C22H34FIN6. The number of aromatic nitrogens is 2. The van der Waals surface area contributed by atoms with Gasteiger partial charge in [0.25, 0.3) is 0 Å². The first-order valence-electron chi connectivity index (χ1n) is 10.4. The molecule has 30 heavy (non-hydrogen) atoms. The summed E-state index contributed by atoms with van der Waals surface area (Å²) in [4.78, 5) is 7.19. The van der Waals surface area contributed by atoms with Crippen molar-refractivity contribution in [1.29, 1.82) is 0 Å². The molecule has 1 saturated heterocycles. The summed E-state index contributed by atoms with van der Waals surface area (Å²) in [5, 5.41) is 11.2. The van der Waals surface area contributed by atoms with Crippen LogP contribution in [0.2, 0.25) is 0 Å². The standard InChI is InChI=1S/C22H33FN6.HI/c1-5-24-21(25-16-22(2,3)17-8-6-9-18(23)12-17)27-19-10-7-11-29(14-19)20-13-26-28(4)15-20;/h6,8-9,12-13,15,19H,5,7,10-11,14,16H2,1-4H3,(H2,24,25,27);1H. The molecule has 1 fully saturated rings. The Morgan fingerprint density at radius 1 is 1.37 bits per heavy atom. The van der Waals surface area contributed by atoms with Crippen LogP contribution in [-0.4, -0.2) is 48.0 Å². The molecule has 3 rings (SSSR count). The number of piperidine rings is 1. The number of aliphatic imine (C=N–C) groups is 1. The van der Waals surface area contributed by atoms with Crippen LogP contribution in [0, 0.1) is 5.82 Å². The third-order valence-electron chi connectivity index (χ3n) is 5.40. The highest BCUT2D eigenvalue weighted by Crippen LogP contribution is 2.24. The number of guanidine groups is 1. The van der Waals surface area contributed by atoms with Crippen LogP contribution >= 0.6 is 24.0 Å². The fourth-order valence-corrected chi connectivity index (χ4v) is 3.69. The first-order valence-corrected chi connectivity index (χ1v) is 10.4. The number of anilines is 1. The monoisotopic (exact) mass is 528 g/mol. The topological polar surface area (TPSA) is 57.5 Å². The van der Waals surface area contributed by atoms with Gasteiger partial charge in [0, 0.05) is 44.3 Å². The lowest BCUT2D eigenvalue weighted by atomic mass is 9.85. The van der Waals surface area contributed by atoms with Crippen LogP contribution < -0.4 is 15.5 Å². The van der Waals surface area contributed by atoms with Crippen molar-refractivity contribution in [1.82, 2.24) is 20.4 Å². The van der Waals surface area contributed by atoms with Crippen molar-refractivity contribution in [3.05, 3.63) is 48.0 Å². The minimum absolute atomic E-state index is 0. The lowest BCUT2D eigenvalue weighted by Crippen LogP contribution is -2.51. The van der Waals surface area contributed by atoms with Crippen LogP contribution in [0.15, 0.2) is 41.7 Å². The minimum atomic E-state index is -0.251. The van der Waals surface area contributed by atoms with E-state index in [0.29, 0.717) is 12.6 Å². The van der Waals surface area contributed by atoms with E-state index in [4.69, 9.17) is 4.99 Å². The summed E-state index contributed by atoms with van der Waals surface area (Å²) in [6, 6.07) is 7.12. The Bertz CT molecular complexity index is 835. The average Bonchev–Trinajstić information content (AvgIpc) is 3.13. The van der Waals surface area contributed by atoms with Crippen LogP contribution in [0.5, 0.6) is 0 Å². The highest BCUT2D eigenvalue weighted by Gasteiger charge is 2.24. The molecule has 1 aliphatic rings. The van der Waals surface area contributed by atoms with E-state index < -0.39 is 0 Å². The molecule has 166 valence electrons. The quantitative estimate of drug-likeness (QED) is 0.342. The molecule has 8 heteroatoms. The lowest BCUT2D eigenvalue weighted by Gasteiger charge is -2.34. The number of nitrogens with one attached hydrogen (secondary N) is 2. The molecule has 2 N–H and O–H groups in total. The van der Waals surface area contributed by atoms with Gasteiger partial charge >= 0.3 is 0 Å². The summed E-state index contributed by atoms with van der Waals surface area (Å²) in [5.41, 5.74) is 1.87. The van der Waals surface area contributed by atoms with Crippen molar-refractivity contribution >= 4 is 35.6 Å². The summed E-state index contributed by atoms with van der Waals surface area (Å²) in [6.45, 7) is 9.60. The van der Waals surface area contributed by atoms with Crippen molar-refractivity contribution in [2.75, 3.05) is 31.1 Å². The number of benzene rings is 1. The molecule has 0 aliphatic carbocycles. The van der Waals surface area contributed by atoms with Gasteiger partial charge in [-0.2, -0.15) is 5.10 Å². The van der Waals surface area contributed by atoms with Gasteiger partial charge in [-0.15, -0.1) is 24.0 Å². The number of aryl methyl sites for hydroxylation is 1. The minimum Gasteiger partial charge on any atom is -0.367 e. The number of halogens is 2. The van der Waals surface area contributed by atoms with E-state index in [0.717, 1.165) is 49.7 Å². The Morgan fingerprint density at radius 3 is 2.83 bits per heavy atom. The first-order chi connectivity index (χ1) is 13.9. The number of nitrogens with zero attached hydrogens (tertiary/aromatic N) is 4. The molecule has 6 nitrogen and oxygen atoms in total. The normalized spacial score (nSPS) is 17.4. The van der Waals surface area contributed by atoms with E-state index in [1.54, 1.807) is 12.1 Å².